The molecule has 4 nitrogen and oxygen atoms in total. The van der Waals surface area contributed by atoms with E-state index in [0.29, 0.717) is 12.6 Å². The number of hydrogen-bond acceptors (Lipinski definition) is 4. The third-order valence-corrected chi connectivity index (χ3v) is 4.06. The Morgan fingerprint density at radius 3 is 3.00 bits per heavy atom. The van der Waals surface area contributed by atoms with E-state index in [1.165, 1.54) is 17.8 Å². The molecule has 0 aromatic carbocycles. The first kappa shape index (κ1) is 13.5. The fraction of sp³-hybridized carbons (Fsp3) is 0.692. The Bertz CT molecular complexity index is 401. The molecule has 1 saturated carbocycles. The van der Waals surface area contributed by atoms with Crippen molar-refractivity contribution < 1.29 is 9.90 Å². The average Bonchev–Trinajstić information content (AvgIpc) is 3.07. The zero-order chi connectivity index (χ0) is 13.0. The van der Waals surface area contributed by atoms with Crippen LogP contribution in [-0.2, 0) is 17.8 Å². The second kappa shape index (κ2) is 6.29. The fourth-order valence-electron chi connectivity index (χ4n) is 2.03. The lowest BCUT2D eigenvalue weighted by molar-refractivity contribution is -0.137. The van der Waals surface area contributed by atoms with Gasteiger partial charge in [0.15, 0.2) is 0 Å². The summed E-state index contributed by atoms with van der Waals surface area (Å²) >= 11 is 1.72. The molecule has 5 heteroatoms. The molecule has 0 amide bonds. The highest BCUT2D eigenvalue weighted by Gasteiger charge is 2.29. The minimum Gasteiger partial charge on any atom is -0.481 e. The van der Waals surface area contributed by atoms with Crippen molar-refractivity contribution in [1.82, 2.24) is 9.88 Å². The summed E-state index contributed by atoms with van der Waals surface area (Å²) in [6, 6.07) is 0.584. The van der Waals surface area contributed by atoms with Gasteiger partial charge in [0.05, 0.1) is 17.1 Å². The van der Waals surface area contributed by atoms with Crippen molar-refractivity contribution in [2.24, 2.45) is 0 Å². The maximum Gasteiger partial charge on any atom is 0.304 e. The van der Waals surface area contributed by atoms with E-state index in [9.17, 15) is 4.79 Å². The molecule has 0 atom stereocenters. The largest absolute Gasteiger partial charge is 0.481 e. The monoisotopic (exact) mass is 268 g/mol. The van der Waals surface area contributed by atoms with E-state index in [1.807, 2.05) is 0 Å². The summed E-state index contributed by atoms with van der Waals surface area (Å²) in [5.74, 6) is -0.717. The summed E-state index contributed by atoms with van der Waals surface area (Å²) in [6.45, 7) is 3.60. The van der Waals surface area contributed by atoms with Crippen molar-refractivity contribution >= 4 is 17.3 Å². The standard InChI is InChI=1S/C13H20N2O2S/c1-2-3-12-14-10(9-18-12)8-15(11-4-5-11)7-6-13(16)17/h9,11H,2-8H2,1H3,(H,16,17). The summed E-state index contributed by atoms with van der Waals surface area (Å²) in [6.07, 6.45) is 4.79. The van der Waals surface area contributed by atoms with Crippen LogP contribution in [0, 0.1) is 0 Å². The van der Waals surface area contributed by atoms with Crippen LogP contribution in [0.25, 0.3) is 0 Å². The van der Waals surface area contributed by atoms with Crippen LogP contribution in [0.4, 0.5) is 0 Å². The number of carbonyl (C=O) groups is 1. The molecular formula is C13H20N2O2S. The highest BCUT2D eigenvalue weighted by Crippen LogP contribution is 2.28. The number of rotatable bonds is 8. The first-order valence-electron chi connectivity index (χ1n) is 6.58. The first-order chi connectivity index (χ1) is 8.69. The SMILES string of the molecule is CCCc1nc(CN(CCC(=O)O)C2CC2)cs1. The van der Waals surface area contributed by atoms with Crippen LogP contribution in [0.15, 0.2) is 5.38 Å². The second-order valence-corrected chi connectivity index (χ2v) is 5.77. The minimum atomic E-state index is -0.717. The van der Waals surface area contributed by atoms with Crippen molar-refractivity contribution in [3.8, 4) is 0 Å². The summed E-state index contributed by atoms with van der Waals surface area (Å²) in [4.78, 5) is 17.5. The molecule has 0 spiro atoms. The van der Waals surface area contributed by atoms with E-state index >= 15 is 0 Å². The third-order valence-electron chi connectivity index (χ3n) is 3.10. The Morgan fingerprint density at radius 2 is 2.39 bits per heavy atom. The first-order valence-corrected chi connectivity index (χ1v) is 7.46. The van der Waals surface area contributed by atoms with Crippen LogP contribution in [-0.4, -0.2) is 33.5 Å². The van der Waals surface area contributed by atoms with Crippen molar-refractivity contribution in [2.45, 2.75) is 51.6 Å². The maximum absolute atomic E-state index is 10.6. The number of carboxylic acid groups (broad SMARTS) is 1. The molecule has 1 aliphatic carbocycles. The molecular weight excluding hydrogens is 248 g/mol. The number of nitrogens with zero attached hydrogens (tertiary/aromatic N) is 2. The van der Waals surface area contributed by atoms with E-state index in [-0.39, 0.29) is 6.42 Å². The van der Waals surface area contributed by atoms with E-state index in [0.717, 1.165) is 25.1 Å². The normalized spacial score (nSPS) is 15.2. The summed E-state index contributed by atoms with van der Waals surface area (Å²) in [7, 11) is 0. The van der Waals surface area contributed by atoms with E-state index < -0.39 is 5.97 Å². The van der Waals surface area contributed by atoms with Gasteiger partial charge in [-0.3, -0.25) is 9.69 Å². The van der Waals surface area contributed by atoms with Crippen molar-refractivity contribution in [3.05, 3.63) is 16.1 Å². The van der Waals surface area contributed by atoms with Gasteiger partial charge in [-0.25, -0.2) is 4.98 Å². The number of thiazole rings is 1. The van der Waals surface area contributed by atoms with Crippen molar-refractivity contribution in [3.63, 3.8) is 0 Å². The number of aromatic nitrogens is 1. The van der Waals surface area contributed by atoms with Crippen LogP contribution in [0.5, 0.6) is 0 Å². The number of carboxylic acids is 1. The van der Waals surface area contributed by atoms with Gasteiger partial charge in [-0.1, -0.05) is 6.92 Å². The van der Waals surface area contributed by atoms with Gasteiger partial charge in [-0.2, -0.15) is 0 Å². The molecule has 0 radical (unpaired) electrons. The Labute approximate surface area is 112 Å². The highest BCUT2D eigenvalue weighted by atomic mass is 32.1. The molecule has 2 rings (SSSR count). The summed E-state index contributed by atoms with van der Waals surface area (Å²) in [5.41, 5.74) is 1.10. The van der Waals surface area contributed by atoms with E-state index in [4.69, 9.17) is 5.11 Å². The molecule has 1 heterocycles. The smallest absolute Gasteiger partial charge is 0.304 e. The molecule has 1 aliphatic rings. The van der Waals surface area contributed by atoms with Crippen LogP contribution in [0.2, 0.25) is 0 Å². The lowest BCUT2D eigenvalue weighted by Gasteiger charge is -2.19. The molecule has 0 aliphatic heterocycles. The van der Waals surface area contributed by atoms with Gasteiger partial charge in [0, 0.05) is 24.5 Å². The lowest BCUT2D eigenvalue weighted by atomic mass is 10.3. The second-order valence-electron chi connectivity index (χ2n) is 4.83. The van der Waals surface area contributed by atoms with Gasteiger partial charge in [0.2, 0.25) is 0 Å². The van der Waals surface area contributed by atoms with Gasteiger partial charge in [0.25, 0.3) is 0 Å². The number of hydrogen-bond donors (Lipinski definition) is 1. The van der Waals surface area contributed by atoms with Crippen LogP contribution in [0.1, 0.15) is 43.3 Å². The van der Waals surface area contributed by atoms with E-state index in [1.54, 1.807) is 11.3 Å². The van der Waals surface area contributed by atoms with Crippen molar-refractivity contribution in [1.29, 1.82) is 0 Å². The molecule has 0 unspecified atom stereocenters. The Kier molecular flexibility index (Phi) is 4.72. The lowest BCUT2D eigenvalue weighted by Crippen LogP contribution is -2.28. The Balaban J connectivity index is 1.88. The molecule has 1 aromatic heterocycles. The zero-order valence-corrected chi connectivity index (χ0v) is 11.6. The predicted octanol–water partition coefficient (Wildman–Crippen LogP) is 2.53. The van der Waals surface area contributed by atoms with E-state index in [2.05, 4.69) is 22.2 Å². The van der Waals surface area contributed by atoms with Gasteiger partial charge < -0.3 is 5.11 Å². The minimum absolute atomic E-state index is 0.225. The molecule has 0 bridgehead atoms. The summed E-state index contributed by atoms with van der Waals surface area (Å²) in [5, 5.41) is 12.1. The maximum atomic E-state index is 10.6. The molecule has 100 valence electrons. The number of aryl methyl sites for hydroxylation is 1. The Morgan fingerprint density at radius 1 is 1.61 bits per heavy atom. The molecule has 0 saturated heterocycles. The quantitative estimate of drug-likeness (QED) is 0.787. The molecule has 1 fully saturated rings. The fourth-order valence-corrected chi connectivity index (χ4v) is 2.92. The molecule has 1 aromatic rings. The van der Waals surface area contributed by atoms with Gasteiger partial charge in [0.1, 0.15) is 0 Å². The summed E-state index contributed by atoms with van der Waals surface area (Å²) < 4.78 is 0. The number of aliphatic carboxylic acids is 1. The van der Waals surface area contributed by atoms with Crippen LogP contribution >= 0.6 is 11.3 Å². The average molecular weight is 268 g/mol. The van der Waals surface area contributed by atoms with Crippen molar-refractivity contribution in [2.75, 3.05) is 6.54 Å². The highest BCUT2D eigenvalue weighted by molar-refractivity contribution is 7.09. The third kappa shape index (κ3) is 4.07. The topological polar surface area (TPSA) is 53.4 Å². The van der Waals surface area contributed by atoms with Gasteiger partial charge >= 0.3 is 5.97 Å². The van der Waals surface area contributed by atoms with Crippen LogP contribution in [0.3, 0.4) is 0 Å². The van der Waals surface area contributed by atoms with Gasteiger partial charge in [-0.05, 0) is 25.7 Å². The van der Waals surface area contributed by atoms with Crippen LogP contribution < -0.4 is 0 Å². The predicted molar refractivity (Wildman–Crippen MR) is 71.8 cm³/mol. The molecule has 18 heavy (non-hydrogen) atoms. The molecule has 1 N–H and O–H groups in total. The Hall–Kier alpha value is -0.940. The zero-order valence-electron chi connectivity index (χ0n) is 10.8. The van der Waals surface area contributed by atoms with Gasteiger partial charge in [-0.15, -0.1) is 11.3 Å².